The Labute approximate surface area is 93.6 Å². The average Bonchev–Trinajstić information content (AvgIpc) is 2.70. The first-order chi connectivity index (χ1) is 7.63. The van der Waals surface area contributed by atoms with Crippen molar-refractivity contribution in [2.45, 2.75) is 6.82 Å². The summed E-state index contributed by atoms with van der Waals surface area (Å²) >= 11 is 0. The van der Waals surface area contributed by atoms with Gasteiger partial charge in [-0.15, -0.1) is 0 Å². The minimum absolute atomic E-state index is 0.375. The average molecular weight is 217 g/mol. The van der Waals surface area contributed by atoms with E-state index in [2.05, 4.69) is 4.74 Å². The molecule has 0 aliphatic heterocycles. The summed E-state index contributed by atoms with van der Waals surface area (Å²) in [6.45, 7) is 1.67. The predicted octanol–water partition coefficient (Wildman–Crippen LogP) is 1.39. The Balaban J connectivity index is 2.58. The van der Waals surface area contributed by atoms with Crippen LogP contribution < -0.4 is 0 Å². The predicted molar refractivity (Wildman–Crippen MR) is 62.5 cm³/mol. The van der Waals surface area contributed by atoms with Gasteiger partial charge in [0.2, 0.25) is 0 Å². The first-order valence-electron chi connectivity index (χ1n) is 5.00. The number of carbonyl (C=O) groups is 1. The third-order valence-corrected chi connectivity index (χ3v) is 2.55. The second-order valence-corrected chi connectivity index (χ2v) is 3.62. The maximum atomic E-state index is 11.4. The number of aromatic nitrogens is 1. The summed E-state index contributed by atoms with van der Waals surface area (Å²) in [5.74, 6) is -0.375. The number of nitrogens with zero attached hydrogens (tertiary/aromatic N) is 1. The van der Waals surface area contributed by atoms with Crippen LogP contribution in [0.2, 0.25) is 6.82 Å². The van der Waals surface area contributed by atoms with Gasteiger partial charge in [-0.25, -0.2) is 4.79 Å². The van der Waals surface area contributed by atoms with Crippen molar-refractivity contribution in [3.05, 3.63) is 36.0 Å². The van der Waals surface area contributed by atoms with Gasteiger partial charge in [0, 0.05) is 5.52 Å². The van der Waals surface area contributed by atoms with Crippen LogP contribution in [0.15, 0.2) is 30.5 Å². The topological polar surface area (TPSA) is 51.5 Å². The highest BCUT2D eigenvalue weighted by molar-refractivity contribution is 6.48. The molecule has 0 radical (unpaired) electrons. The van der Waals surface area contributed by atoms with E-state index in [9.17, 15) is 9.82 Å². The zero-order chi connectivity index (χ0) is 11.7. The van der Waals surface area contributed by atoms with Crippen LogP contribution in [-0.4, -0.2) is 29.6 Å². The lowest BCUT2D eigenvalue weighted by atomic mass is 9.88. The quantitative estimate of drug-likeness (QED) is 0.610. The number of ether oxygens (including phenoxy) is 1. The van der Waals surface area contributed by atoms with E-state index in [0.717, 1.165) is 10.9 Å². The van der Waals surface area contributed by atoms with Crippen LogP contribution in [0.5, 0.6) is 0 Å². The monoisotopic (exact) mass is 217 g/mol. The SMILES string of the molecule is COC(=O)c1ccc2ccn(B(C)O)c2c1. The van der Waals surface area contributed by atoms with E-state index in [0.29, 0.717) is 5.56 Å². The van der Waals surface area contributed by atoms with Crippen LogP contribution in [0.3, 0.4) is 0 Å². The van der Waals surface area contributed by atoms with Gasteiger partial charge in [-0.3, -0.25) is 0 Å². The van der Waals surface area contributed by atoms with Gasteiger partial charge in [-0.1, -0.05) is 6.07 Å². The van der Waals surface area contributed by atoms with Crippen molar-refractivity contribution in [3.8, 4) is 0 Å². The molecule has 2 rings (SSSR count). The van der Waals surface area contributed by atoms with E-state index >= 15 is 0 Å². The lowest BCUT2D eigenvalue weighted by Gasteiger charge is -2.05. The van der Waals surface area contributed by atoms with E-state index < -0.39 is 7.05 Å². The number of hydrogen-bond donors (Lipinski definition) is 1. The smallest absolute Gasteiger partial charge is 0.413 e. The second kappa shape index (κ2) is 4.02. The van der Waals surface area contributed by atoms with Crippen molar-refractivity contribution in [1.29, 1.82) is 0 Å². The number of carbonyl (C=O) groups excluding carboxylic acids is 1. The van der Waals surface area contributed by atoms with Gasteiger partial charge in [0.05, 0.1) is 12.7 Å². The Morgan fingerprint density at radius 1 is 1.44 bits per heavy atom. The molecule has 82 valence electrons. The van der Waals surface area contributed by atoms with Crippen LogP contribution in [0, 0.1) is 0 Å². The Hall–Kier alpha value is -1.75. The largest absolute Gasteiger partial charge is 0.465 e. The van der Waals surface area contributed by atoms with Gasteiger partial charge in [-0.05, 0) is 36.6 Å². The number of methoxy groups -OCH3 is 1. The molecule has 0 saturated carbocycles. The van der Waals surface area contributed by atoms with Crippen LogP contribution >= 0.6 is 0 Å². The van der Waals surface area contributed by atoms with Crippen molar-refractivity contribution < 1.29 is 14.6 Å². The zero-order valence-electron chi connectivity index (χ0n) is 9.18. The highest BCUT2D eigenvalue weighted by Gasteiger charge is 2.12. The number of hydrogen-bond acceptors (Lipinski definition) is 3. The summed E-state index contributed by atoms with van der Waals surface area (Å²) in [6.07, 6.45) is 1.79. The summed E-state index contributed by atoms with van der Waals surface area (Å²) in [5, 5.41) is 10.5. The lowest BCUT2D eigenvalue weighted by Crippen LogP contribution is -2.18. The summed E-state index contributed by atoms with van der Waals surface area (Å²) in [7, 11) is 0.727. The maximum absolute atomic E-state index is 11.4. The molecule has 4 nitrogen and oxygen atoms in total. The molecule has 0 saturated heterocycles. The Bertz CT molecular complexity index is 533. The van der Waals surface area contributed by atoms with E-state index in [1.54, 1.807) is 29.6 Å². The van der Waals surface area contributed by atoms with E-state index in [1.807, 2.05) is 12.1 Å². The van der Waals surface area contributed by atoms with Crippen LogP contribution in [0.4, 0.5) is 0 Å². The van der Waals surface area contributed by atoms with Crippen molar-refractivity contribution in [2.75, 3.05) is 7.11 Å². The number of fused-ring (bicyclic) bond motifs is 1. The molecule has 0 amide bonds. The third kappa shape index (κ3) is 1.70. The van der Waals surface area contributed by atoms with Crippen molar-refractivity contribution in [1.82, 2.24) is 4.48 Å². The molecule has 16 heavy (non-hydrogen) atoms. The molecular formula is C11H12BNO3. The van der Waals surface area contributed by atoms with Crippen LogP contribution in [0.1, 0.15) is 10.4 Å². The Kier molecular flexibility index (Phi) is 2.70. The van der Waals surface area contributed by atoms with Crippen LogP contribution in [0.25, 0.3) is 10.9 Å². The lowest BCUT2D eigenvalue weighted by molar-refractivity contribution is 0.0601. The van der Waals surface area contributed by atoms with Gasteiger partial charge >= 0.3 is 13.0 Å². The molecule has 1 aromatic heterocycles. The zero-order valence-corrected chi connectivity index (χ0v) is 9.18. The number of esters is 1. The molecule has 5 heteroatoms. The normalized spacial score (nSPS) is 10.4. The van der Waals surface area contributed by atoms with Gasteiger partial charge in [0.15, 0.2) is 0 Å². The molecule has 0 bridgehead atoms. The number of rotatable bonds is 2. The third-order valence-electron chi connectivity index (χ3n) is 2.55. The fourth-order valence-corrected chi connectivity index (χ4v) is 1.72. The molecule has 2 aromatic rings. The van der Waals surface area contributed by atoms with Gasteiger partial charge in [0.25, 0.3) is 0 Å². The van der Waals surface area contributed by atoms with Gasteiger partial charge in [0.1, 0.15) is 0 Å². The highest BCUT2D eigenvalue weighted by atomic mass is 16.5. The molecule has 0 atom stereocenters. The first kappa shape index (κ1) is 10.8. The number of benzene rings is 1. The van der Waals surface area contributed by atoms with Crippen molar-refractivity contribution in [2.24, 2.45) is 0 Å². The van der Waals surface area contributed by atoms with E-state index in [-0.39, 0.29) is 5.97 Å². The molecule has 1 aromatic carbocycles. The van der Waals surface area contributed by atoms with Gasteiger partial charge in [-0.2, -0.15) is 0 Å². The second-order valence-electron chi connectivity index (χ2n) is 3.62. The first-order valence-corrected chi connectivity index (χ1v) is 5.00. The van der Waals surface area contributed by atoms with E-state index in [4.69, 9.17) is 0 Å². The van der Waals surface area contributed by atoms with Crippen molar-refractivity contribution in [3.63, 3.8) is 0 Å². The Morgan fingerprint density at radius 2 is 2.19 bits per heavy atom. The molecule has 0 spiro atoms. The molecule has 1 heterocycles. The molecule has 0 aliphatic rings. The molecule has 0 unspecified atom stereocenters. The summed E-state index contributed by atoms with van der Waals surface area (Å²) < 4.78 is 6.35. The van der Waals surface area contributed by atoms with Crippen molar-refractivity contribution >= 4 is 23.9 Å². The Morgan fingerprint density at radius 3 is 2.81 bits per heavy atom. The van der Waals surface area contributed by atoms with Gasteiger partial charge < -0.3 is 14.2 Å². The minimum atomic E-state index is -0.620. The molecule has 1 N–H and O–H groups in total. The summed E-state index contributed by atoms with van der Waals surface area (Å²) in [5.41, 5.74) is 1.30. The molecule has 0 aliphatic carbocycles. The highest BCUT2D eigenvalue weighted by Crippen LogP contribution is 2.18. The van der Waals surface area contributed by atoms with E-state index in [1.165, 1.54) is 7.11 Å². The molecular weight excluding hydrogens is 205 g/mol. The fourth-order valence-electron chi connectivity index (χ4n) is 1.72. The standard InChI is InChI=1S/C11H12BNO3/c1-12(15)13-6-5-8-3-4-9(7-10(8)13)11(14)16-2/h3-7,15H,1-2H3. The fraction of sp³-hybridized carbons (Fsp3) is 0.182. The maximum Gasteiger partial charge on any atom is 0.413 e. The summed E-state index contributed by atoms with van der Waals surface area (Å²) in [6, 6.07) is 7.15. The van der Waals surface area contributed by atoms with Crippen LogP contribution in [-0.2, 0) is 4.74 Å². The molecule has 0 fully saturated rings. The minimum Gasteiger partial charge on any atom is -0.465 e. The summed E-state index contributed by atoms with van der Waals surface area (Å²) in [4.78, 5) is 11.4.